The van der Waals surface area contributed by atoms with E-state index in [0.717, 1.165) is 14.9 Å². The fourth-order valence-corrected chi connectivity index (χ4v) is 6.09. The van der Waals surface area contributed by atoms with Crippen LogP contribution < -0.4 is 4.90 Å². The number of piperazine rings is 1. The molecule has 0 unspecified atom stereocenters. The second kappa shape index (κ2) is 11.8. The molecule has 1 fully saturated rings. The number of benzene rings is 1. The van der Waals surface area contributed by atoms with Gasteiger partial charge in [-0.15, -0.1) is 0 Å². The van der Waals surface area contributed by atoms with Gasteiger partial charge in [0, 0.05) is 69.5 Å². The highest BCUT2D eigenvalue weighted by Gasteiger charge is 2.42. The molecule has 36 heavy (non-hydrogen) atoms. The lowest BCUT2D eigenvalue weighted by Gasteiger charge is -2.35. The molecule has 0 aliphatic carbocycles. The maximum atomic E-state index is 14.1. The Bertz CT molecular complexity index is 1160. The van der Waals surface area contributed by atoms with Crippen LogP contribution >= 0.6 is 15.9 Å². The van der Waals surface area contributed by atoms with Crippen molar-refractivity contribution in [3.8, 4) is 0 Å². The molecule has 0 amide bonds. The Morgan fingerprint density at radius 3 is 2.39 bits per heavy atom. The maximum Gasteiger partial charge on any atom is 0.418 e. The van der Waals surface area contributed by atoms with Gasteiger partial charge in [0.05, 0.1) is 28.5 Å². The van der Waals surface area contributed by atoms with E-state index in [1.807, 2.05) is 17.0 Å². The molecule has 2 heterocycles. The highest BCUT2D eigenvalue weighted by Crippen LogP contribution is 2.43. The lowest BCUT2D eigenvalue weighted by molar-refractivity contribution is -0.385. The van der Waals surface area contributed by atoms with Crippen molar-refractivity contribution in [1.29, 1.82) is 0 Å². The van der Waals surface area contributed by atoms with Gasteiger partial charge in [0.2, 0.25) is 10.0 Å². The summed E-state index contributed by atoms with van der Waals surface area (Å²) < 4.78 is 70.5. The third kappa shape index (κ3) is 6.51. The molecule has 198 valence electrons. The number of nitro benzene ring substituents is 1. The van der Waals surface area contributed by atoms with E-state index >= 15 is 0 Å². The number of sulfonamides is 1. The van der Waals surface area contributed by atoms with Gasteiger partial charge >= 0.3 is 6.18 Å². The van der Waals surface area contributed by atoms with Crippen LogP contribution in [-0.4, -0.2) is 83.8 Å². The maximum absolute atomic E-state index is 14.1. The Morgan fingerprint density at radius 2 is 1.86 bits per heavy atom. The van der Waals surface area contributed by atoms with Crippen LogP contribution in [0.25, 0.3) is 0 Å². The van der Waals surface area contributed by atoms with Gasteiger partial charge < -0.3 is 10.0 Å². The highest BCUT2D eigenvalue weighted by atomic mass is 79.9. The molecule has 1 aromatic heterocycles. The molecular formula is C21H25BrF3N5O5S. The molecular weight excluding hydrogens is 571 g/mol. The van der Waals surface area contributed by atoms with E-state index in [4.69, 9.17) is 0 Å². The summed E-state index contributed by atoms with van der Waals surface area (Å²) in [7, 11) is -4.56. The molecule has 1 saturated heterocycles. The highest BCUT2D eigenvalue weighted by molar-refractivity contribution is 9.09. The van der Waals surface area contributed by atoms with Crippen LogP contribution in [-0.2, 0) is 22.7 Å². The fourth-order valence-electron chi connectivity index (χ4n) is 3.98. The van der Waals surface area contributed by atoms with Crippen LogP contribution in [0.3, 0.4) is 0 Å². The second-order valence-electron chi connectivity index (χ2n) is 8.00. The van der Waals surface area contributed by atoms with Crippen LogP contribution in [0.4, 0.5) is 24.5 Å². The molecule has 0 bridgehead atoms. The summed E-state index contributed by atoms with van der Waals surface area (Å²) in [5.41, 5.74) is -2.35. The zero-order chi connectivity index (χ0) is 26.5. The smallest absolute Gasteiger partial charge is 0.395 e. The van der Waals surface area contributed by atoms with Gasteiger partial charge in [-0.25, -0.2) is 8.42 Å². The van der Waals surface area contributed by atoms with Crippen LogP contribution in [0.15, 0.2) is 41.4 Å². The minimum atomic E-state index is -5.08. The average molecular weight is 596 g/mol. The summed E-state index contributed by atoms with van der Waals surface area (Å²) in [6.45, 7) is 0.127. The summed E-state index contributed by atoms with van der Waals surface area (Å²) in [6, 6.07) is 6.43. The van der Waals surface area contributed by atoms with Crippen molar-refractivity contribution in [2.24, 2.45) is 0 Å². The number of nitro groups is 1. The Kier molecular flexibility index (Phi) is 9.27. The number of nitrogens with zero attached hydrogens (tertiary/aromatic N) is 5. The molecule has 1 N–H and O–H groups in total. The van der Waals surface area contributed by atoms with Gasteiger partial charge in [-0.05, 0) is 12.1 Å². The Labute approximate surface area is 214 Å². The molecule has 15 heteroatoms. The second-order valence-corrected chi connectivity index (χ2v) is 10.7. The third-order valence-electron chi connectivity index (χ3n) is 5.68. The number of aliphatic hydroxyl groups excluding tert-OH is 1. The van der Waals surface area contributed by atoms with Gasteiger partial charge in [0.15, 0.2) is 0 Å². The van der Waals surface area contributed by atoms with Crippen molar-refractivity contribution in [1.82, 2.24) is 14.2 Å². The number of halogens is 4. The predicted molar refractivity (Wildman–Crippen MR) is 129 cm³/mol. The lowest BCUT2D eigenvalue weighted by atomic mass is 10.1. The number of aromatic nitrogens is 1. The SMILES string of the molecule is O=[N+]([O-])c1cc(C(F)(F)F)c(N(CCO)CCBr)c(S(=O)(=O)N2CCN(Cc3ccccn3)CC2)c1. The average Bonchev–Trinajstić information content (AvgIpc) is 2.83. The lowest BCUT2D eigenvalue weighted by Crippen LogP contribution is -2.48. The zero-order valence-electron chi connectivity index (χ0n) is 19.1. The van der Waals surface area contributed by atoms with Crippen molar-refractivity contribution in [3.05, 3.63) is 57.9 Å². The summed E-state index contributed by atoms with van der Waals surface area (Å²) in [4.78, 5) is 16.9. The molecule has 10 nitrogen and oxygen atoms in total. The quantitative estimate of drug-likeness (QED) is 0.253. The van der Waals surface area contributed by atoms with Crippen molar-refractivity contribution in [2.45, 2.75) is 17.6 Å². The summed E-state index contributed by atoms with van der Waals surface area (Å²) in [5, 5.41) is 21.1. The normalized spacial score (nSPS) is 15.7. The number of aliphatic hydroxyl groups is 1. The Balaban J connectivity index is 2.03. The minimum absolute atomic E-state index is 0.0168. The minimum Gasteiger partial charge on any atom is -0.395 e. The van der Waals surface area contributed by atoms with Crippen LogP contribution in [0.2, 0.25) is 0 Å². The first-order valence-corrected chi connectivity index (χ1v) is 13.5. The van der Waals surface area contributed by atoms with E-state index in [9.17, 15) is 36.8 Å². The Hall–Kier alpha value is -2.33. The third-order valence-corrected chi connectivity index (χ3v) is 7.94. The van der Waals surface area contributed by atoms with E-state index in [2.05, 4.69) is 20.9 Å². The van der Waals surface area contributed by atoms with Crippen molar-refractivity contribution in [3.63, 3.8) is 0 Å². The van der Waals surface area contributed by atoms with Crippen LogP contribution in [0.1, 0.15) is 11.3 Å². The first kappa shape index (κ1) is 28.2. The van der Waals surface area contributed by atoms with Crippen molar-refractivity contribution in [2.75, 3.05) is 56.1 Å². The molecule has 2 aromatic rings. The van der Waals surface area contributed by atoms with E-state index < -0.39 is 49.6 Å². The molecule has 3 rings (SSSR count). The number of alkyl halides is 4. The fraction of sp³-hybridized carbons (Fsp3) is 0.476. The van der Waals surface area contributed by atoms with Gasteiger partial charge in [0.25, 0.3) is 5.69 Å². The molecule has 0 saturated carbocycles. The Morgan fingerprint density at radius 1 is 1.17 bits per heavy atom. The van der Waals surface area contributed by atoms with E-state index in [0.29, 0.717) is 31.8 Å². The summed E-state index contributed by atoms with van der Waals surface area (Å²) in [6.07, 6.45) is -3.43. The van der Waals surface area contributed by atoms with Crippen molar-refractivity contribution < 1.29 is 31.6 Å². The number of anilines is 1. The number of pyridine rings is 1. The first-order valence-electron chi connectivity index (χ1n) is 10.9. The van der Waals surface area contributed by atoms with E-state index in [1.54, 1.807) is 12.3 Å². The topological polar surface area (TPSA) is 120 Å². The van der Waals surface area contributed by atoms with E-state index in [1.165, 1.54) is 0 Å². The first-order chi connectivity index (χ1) is 17.0. The van der Waals surface area contributed by atoms with E-state index in [-0.39, 0.29) is 31.5 Å². The molecule has 1 aromatic carbocycles. The molecule has 1 aliphatic rings. The van der Waals surface area contributed by atoms with Crippen LogP contribution in [0, 0.1) is 10.1 Å². The number of hydrogen-bond acceptors (Lipinski definition) is 8. The number of non-ortho nitro benzene ring substituents is 1. The molecule has 0 spiro atoms. The molecule has 1 aliphatic heterocycles. The molecule has 0 atom stereocenters. The van der Waals surface area contributed by atoms with Gasteiger partial charge in [-0.1, -0.05) is 22.0 Å². The number of rotatable bonds is 10. The largest absolute Gasteiger partial charge is 0.418 e. The standard InChI is InChI=1S/C21H25BrF3N5O5S/c22-4-6-28(11-12-31)20-18(21(23,24)25)13-17(30(32)33)14-19(20)36(34,35)29-9-7-27(8-10-29)15-16-3-1-2-5-26-16/h1-3,5,13-14,31H,4,6-12,15H2. The van der Waals surface area contributed by atoms with Gasteiger partial charge in [0.1, 0.15) is 4.90 Å². The predicted octanol–water partition coefficient (Wildman–Crippen LogP) is 2.71. The van der Waals surface area contributed by atoms with Crippen molar-refractivity contribution >= 4 is 37.3 Å². The van der Waals surface area contributed by atoms with Gasteiger partial charge in [-0.2, -0.15) is 17.5 Å². The monoisotopic (exact) mass is 595 g/mol. The summed E-state index contributed by atoms with van der Waals surface area (Å²) in [5.74, 6) is 0. The summed E-state index contributed by atoms with van der Waals surface area (Å²) >= 11 is 3.13. The zero-order valence-corrected chi connectivity index (χ0v) is 21.5. The van der Waals surface area contributed by atoms with Crippen LogP contribution in [0.5, 0.6) is 0 Å². The van der Waals surface area contributed by atoms with Gasteiger partial charge in [-0.3, -0.25) is 20.0 Å². The molecule has 0 radical (unpaired) electrons. The number of hydrogen-bond donors (Lipinski definition) is 1.